The summed E-state index contributed by atoms with van der Waals surface area (Å²) in [4.78, 5) is 8.45. The van der Waals surface area contributed by atoms with Gasteiger partial charge in [-0.15, -0.1) is 0 Å². The number of aromatic nitrogens is 2. The second-order valence-electron chi connectivity index (χ2n) is 4.42. The Hall–Kier alpha value is -2.46. The largest absolute Gasteiger partial charge is 0.496 e. The van der Waals surface area contributed by atoms with Crippen molar-refractivity contribution in [2.24, 2.45) is 0 Å². The Kier molecular flexibility index (Phi) is 3.31. The van der Waals surface area contributed by atoms with Crippen LogP contribution in [0, 0.1) is 0 Å². The first-order valence-electron chi connectivity index (χ1n) is 6.32. The maximum Gasteiger partial charge on any atom is 0.125 e. The highest BCUT2D eigenvalue weighted by molar-refractivity contribution is 5.81. The molecule has 0 aliphatic heterocycles. The van der Waals surface area contributed by atoms with Crippen LogP contribution in [0.25, 0.3) is 10.9 Å². The Balaban J connectivity index is 2.15. The lowest BCUT2D eigenvalue weighted by molar-refractivity contribution is 0.211. The fourth-order valence-corrected chi connectivity index (χ4v) is 2.28. The number of para-hydroxylation sites is 2. The van der Waals surface area contributed by atoms with E-state index < -0.39 is 6.10 Å². The standard InChI is InChI=1S/C16H14N2O2/c1-20-14-9-5-3-7-12(14)16(19)15-11-6-2-4-8-13(11)17-10-18-15/h2-10,16,19H,1H3. The molecule has 0 aliphatic rings. The molecule has 3 rings (SSSR count). The van der Waals surface area contributed by atoms with Crippen molar-refractivity contribution in [3.05, 3.63) is 66.1 Å². The van der Waals surface area contributed by atoms with Crippen LogP contribution in [0.5, 0.6) is 5.75 Å². The van der Waals surface area contributed by atoms with E-state index >= 15 is 0 Å². The Morgan fingerprint density at radius 1 is 1.00 bits per heavy atom. The van der Waals surface area contributed by atoms with Gasteiger partial charge in [0.15, 0.2) is 0 Å². The predicted octanol–water partition coefficient (Wildman–Crippen LogP) is 2.72. The van der Waals surface area contributed by atoms with Crippen LogP contribution in [0.1, 0.15) is 17.4 Å². The van der Waals surface area contributed by atoms with Crippen molar-refractivity contribution < 1.29 is 9.84 Å². The smallest absolute Gasteiger partial charge is 0.125 e. The van der Waals surface area contributed by atoms with E-state index in [9.17, 15) is 5.11 Å². The molecule has 4 nitrogen and oxygen atoms in total. The zero-order valence-electron chi connectivity index (χ0n) is 11.0. The third-order valence-corrected chi connectivity index (χ3v) is 3.27. The van der Waals surface area contributed by atoms with Gasteiger partial charge in [-0.3, -0.25) is 0 Å². The maximum atomic E-state index is 10.6. The van der Waals surface area contributed by atoms with Gasteiger partial charge in [0.2, 0.25) is 0 Å². The van der Waals surface area contributed by atoms with Crippen molar-refractivity contribution >= 4 is 10.9 Å². The topological polar surface area (TPSA) is 55.2 Å². The molecule has 1 N–H and O–H groups in total. The molecule has 0 bridgehead atoms. The number of aliphatic hydroxyl groups is 1. The van der Waals surface area contributed by atoms with E-state index in [0.29, 0.717) is 17.0 Å². The van der Waals surface area contributed by atoms with Gasteiger partial charge in [-0.1, -0.05) is 36.4 Å². The molecular formula is C16H14N2O2. The van der Waals surface area contributed by atoms with Crippen molar-refractivity contribution in [1.29, 1.82) is 0 Å². The van der Waals surface area contributed by atoms with Crippen molar-refractivity contribution in [3.8, 4) is 5.75 Å². The molecule has 0 fully saturated rings. The highest BCUT2D eigenvalue weighted by Gasteiger charge is 2.18. The summed E-state index contributed by atoms with van der Waals surface area (Å²) < 4.78 is 5.30. The van der Waals surface area contributed by atoms with Crippen LogP contribution in [0.3, 0.4) is 0 Å². The number of nitrogens with zero attached hydrogens (tertiary/aromatic N) is 2. The first-order chi connectivity index (χ1) is 9.81. The zero-order valence-corrected chi connectivity index (χ0v) is 11.0. The van der Waals surface area contributed by atoms with Gasteiger partial charge in [0, 0.05) is 10.9 Å². The Labute approximate surface area is 116 Å². The first kappa shape index (κ1) is 12.6. The molecular weight excluding hydrogens is 252 g/mol. The number of hydrogen-bond donors (Lipinski definition) is 1. The minimum absolute atomic E-state index is 0.583. The molecule has 0 saturated carbocycles. The van der Waals surface area contributed by atoms with E-state index in [1.807, 2.05) is 48.5 Å². The Morgan fingerprint density at radius 3 is 2.60 bits per heavy atom. The number of hydrogen-bond acceptors (Lipinski definition) is 4. The van der Waals surface area contributed by atoms with E-state index in [-0.39, 0.29) is 0 Å². The zero-order chi connectivity index (χ0) is 13.9. The quantitative estimate of drug-likeness (QED) is 0.792. The third-order valence-electron chi connectivity index (χ3n) is 3.27. The molecule has 0 amide bonds. The fourth-order valence-electron chi connectivity index (χ4n) is 2.28. The molecule has 1 unspecified atom stereocenters. The first-order valence-corrected chi connectivity index (χ1v) is 6.32. The molecule has 0 spiro atoms. The van der Waals surface area contributed by atoms with Gasteiger partial charge in [0.25, 0.3) is 0 Å². The lowest BCUT2D eigenvalue weighted by atomic mass is 10.0. The van der Waals surface area contributed by atoms with Crippen LogP contribution in [-0.4, -0.2) is 22.2 Å². The monoisotopic (exact) mass is 266 g/mol. The average Bonchev–Trinajstić information content (AvgIpc) is 2.53. The molecule has 4 heteroatoms. The van der Waals surface area contributed by atoms with E-state index in [2.05, 4.69) is 9.97 Å². The minimum Gasteiger partial charge on any atom is -0.496 e. The number of rotatable bonds is 3. The number of aliphatic hydroxyl groups excluding tert-OH is 1. The summed E-state index contributed by atoms with van der Waals surface area (Å²) in [5.74, 6) is 0.641. The lowest BCUT2D eigenvalue weighted by Crippen LogP contribution is -2.05. The molecule has 1 aromatic heterocycles. The normalized spacial score (nSPS) is 12.3. The van der Waals surface area contributed by atoms with Gasteiger partial charge in [-0.25, -0.2) is 9.97 Å². The number of ether oxygens (including phenoxy) is 1. The minimum atomic E-state index is -0.848. The van der Waals surface area contributed by atoms with E-state index in [0.717, 1.165) is 10.9 Å². The van der Waals surface area contributed by atoms with Crippen LogP contribution in [0.15, 0.2) is 54.9 Å². The maximum absolute atomic E-state index is 10.6. The van der Waals surface area contributed by atoms with E-state index in [1.54, 1.807) is 7.11 Å². The molecule has 1 atom stereocenters. The van der Waals surface area contributed by atoms with Crippen LogP contribution >= 0.6 is 0 Å². The SMILES string of the molecule is COc1ccccc1C(O)c1ncnc2ccccc12. The van der Waals surface area contributed by atoms with Crippen molar-refractivity contribution in [2.45, 2.75) is 6.10 Å². The molecule has 0 radical (unpaired) electrons. The summed E-state index contributed by atoms with van der Waals surface area (Å²) >= 11 is 0. The summed E-state index contributed by atoms with van der Waals surface area (Å²) in [5.41, 5.74) is 2.09. The molecule has 0 saturated heterocycles. The molecule has 1 heterocycles. The van der Waals surface area contributed by atoms with Gasteiger partial charge >= 0.3 is 0 Å². The summed E-state index contributed by atoms with van der Waals surface area (Å²) in [6.45, 7) is 0. The third kappa shape index (κ3) is 2.10. The van der Waals surface area contributed by atoms with Crippen molar-refractivity contribution in [2.75, 3.05) is 7.11 Å². The average molecular weight is 266 g/mol. The van der Waals surface area contributed by atoms with Crippen LogP contribution in [0.4, 0.5) is 0 Å². The molecule has 0 aliphatic carbocycles. The molecule has 2 aromatic carbocycles. The van der Waals surface area contributed by atoms with Crippen LogP contribution < -0.4 is 4.74 Å². The van der Waals surface area contributed by atoms with Crippen molar-refractivity contribution in [1.82, 2.24) is 9.97 Å². The van der Waals surface area contributed by atoms with E-state index in [1.165, 1.54) is 6.33 Å². The summed E-state index contributed by atoms with van der Waals surface area (Å²) in [5, 5.41) is 11.5. The van der Waals surface area contributed by atoms with Crippen LogP contribution in [0.2, 0.25) is 0 Å². The Morgan fingerprint density at radius 2 is 1.75 bits per heavy atom. The predicted molar refractivity (Wildman–Crippen MR) is 76.6 cm³/mol. The second kappa shape index (κ2) is 5.27. The second-order valence-corrected chi connectivity index (χ2v) is 4.42. The number of methoxy groups -OCH3 is 1. The molecule has 3 aromatic rings. The highest BCUT2D eigenvalue weighted by atomic mass is 16.5. The van der Waals surface area contributed by atoms with Gasteiger partial charge < -0.3 is 9.84 Å². The number of benzene rings is 2. The summed E-state index contributed by atoms with van der Waals surface area (Å²) in [7, 11) is 1.59. The summed E-state index contributed by atoms with van der Waals surface area (Å²) in [6, 6.07) is 15.0. The van der Waals surface area contributed by atoms with Gasteiger partial charge in [-0.05, 0) is 12.1 Å². The van der Waals surface area contributed by atoms with E-state index in [4.69, 9.17) is 4.74 Å². The summed E-state index contributed by atoms with van der Waals surface area (Å²) in [6.07, 6.45) is 0.620. The lowest BCUT2D eigenvalue weighted by Gasteiger charge is -2.15. The highest BCUT2D eigenvalue weighted by Crippen LogP contribution is 2.31. The molecule has 20 heavy (non-hydrogen) atoms. The Bertz CT molecular complexity index is 738. The molecule has 100 valence electrons. The van der Waals surface area contributed by atoms with Crippen LogP contribution in [-0.2, 0) is 0 Å². The van der Waals surface area contributed by atoms with Gasteiger partial charge in [0.1, 0.15) is 18.2 Å². The van der Waals surface area contributed by atoms with Gasteiger partial charge in [0.05, 0.1) is 18.3 Å². The van der Waals surface area contributed by atoms with Gasteiger partial charge in [-0.2, -0.15) is 0 Å². The van der Waals surface area contributed by atoms with Crippen molar-refractivity contribution in [3.63, 3.8) is 0 Å². The number of fused-ring (bicyclic) bond motifs is 1. The fraction of sp³-hybridized carbons (Fsp3) is 0.125.